The van der Waals surface area contributed by atoms with Gasteiger partial charge in [0.25, 0.3) is 11.8 Å². The number of rotatable bonds is 12. The van der Waals surface area contributed by atoms with Gasteiger partial charge in [-0.2, -0.15) is 9.30 Å². The first-order valence-electron chi connectivity index (χ1n) is 13.0. The molecule has 2 aliphatic heterocycles. The summed E-state index contributed by atoms with van der Waals surface area (Å²) in [6.45, 7) is -0.687. The summed E-state index contributed by atoms with van der Waals surface area (Å²) >= 11 is 3.62. The van der Waals surface area contributed by atoms with E-state index < -0.39 is 53.0 Å². The van der Waals surface area contributed by atoms with Crippen molar-refractivity contribution < 1.29 is 49.1 Å². The van der Waals surface area contributed by atoms with Crippen LogP contribution < -0.4 is 21.0 Å². The molecule has 2 aliphatic rings. The summed E-state index contributed by atoms with van der Waals surface area (Å²) < 4.78 is 1.93. The molecule has 7 N–H and O–H groups in total. The standard InChI is InChI=1S/C26H23N7O10S3/c27-26-28-15(11-46-26)19(30-43-8-13-5-16(34)17(35)6-32(13)42)22(38)29-20-23(39)33-21(25(40)41)12(10-45-24(20)33)9-44-14-1-3-31(4-2-14)7-18(36)37/h1-6,11,20,24,42H,7-10H2,(H5-,27,28,29,35,36,37,38,40,41)/p+1/b30-19-. The maximum atomic E-state index is 13.3. The number of aromatic hydroxyl groups is 1. The second-order valence-corrected chi connectivity index (χ2v) is 12.7. The Labute approximate surface area is 270 Å². The second kappa shape index (κ2) is 13.5. The highest BCUT2D eigenvalue weighted by Crippen LogP contribution is 2.41. The first-order chi connectivity index (χ1) is 21.9. The molecule has 0 aliphatic carbocycles. The number of β-lactam (4-membered cyclic amide) rings is 1. The van der Waals surface area contributed by atoms with Gasteiger partial charge >= 0.3 is 11.9 Å². The molecular formula is C26H24N7O10S3+. The fourth-order valence-corrected chi connectivity index (χ4v) is 7.32. The van der Waals surface area contributed by atoms with Gasteiger partial charge in [-0.1, -0.05) is 5.16 Å². The highest BCUT2D eigenvalue weighted by molar-refractivity contribution is 8.01. The van der Waals surface area contributed by atoms with Crippen LogP contribution in [-0.2, 0) is 37.2 Å². The zero-order chi connectivity index (χ0) is 33.1. The van der Waals surface area contributed by atoms with Crippen molar-refractivity contribution in [1.82, 2.24) is 19.9 Å². The summed E-state index contributed by atoms with van der Waals surface area (Å²) in [5, 5.41) is 45.4. The van der Waals surface area contributed by atoms with Gasteiger partial charge in [-0.3, -0.25) is 19.3 Å². The number of nitrogens with one attached hydrogen (secondary N) is 1. The lowest BCUT2D eigenvalue weighted by molar-refractivity contribution is -0.686. The van der Waals surface area contributed by atoms with Crippen molar-refractivity contribution in [2.75, 3.05) is 17.2 Å². The molecule has 0 bridgehead atoms. The third-order valence-electron chi connectivity index (χ3n) is 6.56. The summed E-state index contributed by atoms with van der Waals surface area (Å²) in [5.41, 5.74) is 4.82. The molecule has 5 heterocycles. The van der Waals surface area contributed by atoms with Crippen molar-refractivity contribution in [3.8, 4) is 5.75 Å². The number of nitrogens with zero attached hydrogens (tertiary/aromatic N) is 5. The second-order valence-electron chi connectivity index (χ2n) is 9.65. The van der Waals surface area contributed by atoms with Crippen LogP contribution in [0.25, 0.3) is 0 Å². The summed E-state index contributed by atoms with van der Waals surface area (Å²) in [6, 6.07) is 3.23. The molecule has 2 amide bonds. The zero-order valence-electron chi connectivity index (χ0n) is 23.3. The van der Waals surface area contributed by atoms with Crippen LogP contribution in [0, 0.1) is 0 Å². The lowest BCUT2D eigenvalue weighted by Gasteiger charge is -2.49. The number of carboxylic acid groups (broad SMARTS) is 2. The van der Waals surface area contributed by atoms with Crippen LogP contribution in [-0.4, -0.2) is 87.5 Å². The molecule has 2 atom stereocenters. The van der Waals surface area contributed by atoms with Crippen molar-refractivity contribution in [3.63, 3.8) is 0 Å². The van der Waals surface area contributed by atoms with E-state index in [-0.39, 0.29) is 46.0 Å². The Kier molecular flexibility index (Phi) is 9.49. The summed E-state index contributed by atoms with van der Waals surface area (Å²) in [4.78, 5) is 72.5. The molecule has 46 heavy (non-hydrogen) atoms. The fraction of sp³-hybridized carbons (Fsp3) is 0.231. The molecule has 20 heteroatoms. The Hall–Kier alpha value is -5.08. The Morgan fingerprint density at radius 1 is 1.24 bits per heavy atom. The quantitative estimate of drug-likeness (QED) is 0.0355. The molecule has 2 unspecified atom stereocenters. The van der Waals surface area contributed by atoms with Gasteiger partial charge in [0.2, 0.25) is 12.0 Å². The predicted octanol–water partition coefficient (Wildman–Crippen LogP) is -0.346. The molecule has 5 rings (SSSR count). The van der Waals surface area contributed by atoms with E-state index in [1.54, 1.807) is 24.5 Å². The molecule has 3 aromatic heterocycles. The van der Waals surface area contributed by atoms with Crippen LogP contribution in [0.1, 0.15) is 11.4 Å². The normalized spacial score (nSPS) is 17.7. The monoisotopic (exact) mass is 690 g/mol. The highest BCUT2D eigenvalue weighted by atomic mass is 32.2. The average Bonchev–Trinajstić information content (AvgIpc) is 3.44. The number of aliphatic carboxylic acids is 2. The predicted molar refractivity (Wildman–Crippen MR) is 162 cm³/mol. The molecule has 0 saturated carbocycles. The fourth-order valence-electron chi connectivity index (χ4n) is 4.40. The van der Waals surface area contributed by atoms with Gasteiger partial charge in [0.05, 0.1) is 6.20 Å². The number of aromatic nitrogens is 3. The number of carbonyl (C=O) groups is 4. The molecule has 0 aromatic carbocycles. The molecular weight excluding hydrogens is 667 g/mol. The van der Waals surface area contributed by atoms with E-state index in [9.17, 15) is 39.4 Å². The maximum Gasteiger partial charge on any atom is 0.370 e. The first kappa shape index (κ1) is 32.3. The number of nitrogen functional groups attached to an aromatic ring is 1. The molecule has 1 saturated heterocycles. The van der Waals surface area contributed by atoms with Gasteiger partial charge in [0, 0.05) is 40.0 Å². The molecule has 0 spiro atoms. The van der Waals surface area contributed by atoms with E-state index in [1.165, 1.54) is 33.5 Å². The highest BCUT2D eigenvalue weighted by Gasteiger charge is 2.54. The van der Waals surface area contributed by atoms with E-state index in [0.717, 1.165) is 33.4 Å². The SMILES string of the molecule is Nc1nc(/C(=N/OCc2cc(=O)c(O)cn2O)C(=O)NC2C(=O)N3C(C(=O)O)=C(CSc4cc[n+](CC(=O)O)cc4)CSC23)cs1. The minimum absolute atomic E-state index is 0.0202. The summed E-state index contributed by atoms with van der Waals surface area (Å²) in [5.74, 6) is -3.97. The van der Waals surface area contributed by atoms with Gasteiger partial charge < -0.3 is 36.4 Å². The third kappa shape index (κ3) is 6.92. The number of hydrogen-bond donors (Lipinski definition) is 6. The largest absolute Gasteiger partial charge is 0.503 e. The summed E-state index contributed by atoms with van der Waals surface area (Å²) in [6.07, 6.45) is 3.96. The van der Waals surface area contributed by atoms with Gasteiger partial charge in [-0.15, -0.1) is 34.9 Å². The average molecular weight is 691 g/mol. The van der Waals surface area contributed by atoms with E-state index in [1.807, 2.05) is 0 Å². The number of thioether (sulfide) groups is 2. The number of pyridine rings is 2. The van der Waals surface area contributed by atoms with E-state index in [4.69, 9.17) is 15.7 Å². The number of fused-ring (bicyclic) bond motifs is 1. The van der Waals surface area contributed by atoms with Gasteiger partial charge in [-0.05, 0) is 5.57 Å². The summed E-state index contributed by atoms with van der Waals surface area (Å²) in [7, 11) is 0. The van der Waals surface area contributed by atoms with Gasteiger partial charge in [-0.25, -0.2) is 14.6 Å². The first-order valence-corrected chi connectivity index (χ1v) is 15.9. The van der Waals surface area contributed by atoms with Crippen LogP contribution in [0.3, 0.4) is 0 Å². The minimum Gasteiger partial charge on any atom is -0.503 e. The number of thiazole rings is 1. The number of nitrogens with two attached hydrogens (primary N) is 1. The lowest BCUT2D eigenvalue weighted by Crippen LogP contribution is -2.71. The Bertz CT molecular complexity index is 1840. The molecule has 0 radical (unpaired) electrons. The van der Waals surface area contributed by atoms with E-state index in [2.05, 4.69) is 15.5 Å². The van der Waals surface area contributed by atoms with Crippen molar-refractivity contribution in [2.45, 2.75) is 29.5 Å². The third-order valence-corrected chi connectivity index (χ3v) is 9.68. The van der Waals surface area contributed by atoms with Crippen LogP contribution in [0.5, 0.6) is 5.75 Å². The van der Waals surface area contributed by atoms with Crippen LogP contribution in [0.15, 0.2) is 68.3 Å². The van der Waals surface area contributed by atoms with Crippen molar-refractivity contribution >= 4 is 69.5 Å². The van der Waals surface area contributed by atoms with Crippen molar-refractivity contribution in [1.29, 1.82) is 0 Å². The number of amides is 2. The van der Waals surface area contributed by atoms with Crippen LogP contribution in [0.4, 0.5) is 5.13 Å². The van der Waals surface area contributed by atoms with Crippen LogP contribution in [0.2, 0.25) is 0 Å². The Morgan fingerprint density at radius 3 is 2.63 bits per heavy atom. The number of carbonyl (C=O) groups excluding carboxylic acids is 2. The molecule has 240 valence electrons. The van der Waals surface area contributed by atoms with Crippen molar-refractivity contribution in [2.24, 2.45) is 5.16 Å². The van der Waals surface area contributed by atoms with Gasteiger partial charge in [0.1, 0.15) is 28.5 Å². The van der Waals surface area contributed by atoms with Crippen molar-refractivity contribution in [3.05, 3.63) is 75.1 Å². The number of hydrogen-bond acceptors (Lipinski definition) is 14. The molecule has 1 fully saturated rings. The van der Waals surface area contributed by atoms with Gasteiger partial charge in [0.15, 0.2) is 35.6 Å². The van der Waals surface area contributed by atoms with E-state index >= 15 is 0 Å². The number of oxime groups is 1. The zero-order valence-corrected chi connectivity index (χ0v) is 25.8. The maximum absolute atomic E-state index is 13.3. The van der Waals surface area contributed by atoms with E-state index in [0.29, 0.717) is 10.3 Å². The minimum atomic E-state index is -1.29. The molecule has 3 aromatic rings. The Morgan fingerprint density at radius 2 is 1.98 bits per heavy atom. The smallest absolute Gasteiger partial charge is 0.370 e. The Balaban J connectivity index is 1.28. The molecule has 17 nitrogen and oxygen atoms in total. The number of carboxylic acids is 2. The topological polar surface area (TPSA) is 251 Å². The van der Waals surface area contributed by atoms with Crippen LogP contribution >= 0.6 is 34.9 Å². The lowest BCUT2D eigenvalue weighted by atomic mass is 10.0. The number of anilines is 1.